The summed E-state index contributed by atoms with van der Waals surface area (Å²) in [6.07, 6.45) is 15.1. The molecule has 1 fully saturated rings. The van der Waals surface area contributed by atoms with E-state index in [9.17, 15) is 0 Å². The van der Waals surface area contributed by atoms with Gasteiger partial charge in [-0.3, -0.25) is 0 Å². The van der Waals surface area contributed by atoms with Crippen molar-refractivity contribution in [1.82, 2.24) is 5.06 Å². The van der Waals surface area contributed by atoms with Crippen molar-refractivity contribution in [2.24, 2.45) is 0 Å². The second-order valence-electron chi connectivity index (χ2n) is 10.1. The molecule has 1 aliphatic carbocycles. The van der Waals surface area contributed by atoms with Crippen molar-refractivity contribution in [2.75, 3.05) is 7.11 Å². The highest BCUT2D eigenvalue weighted by Gasteiger charge is 2.46. The van der Waals surface area contributed by atoms with Crippen molar-refractivity contribution in [3.63, 3.8) is 0 Å². The van der Waals surface area contributed by atoms with Crippen LogP contribution >= 0.6 is 0 Å². The lowest BCUT2D eigenvalue weighted by molar-refractivity contribution is -0.266. The summed E-state index contributed by atoms with van der Waals surface area (Å²) in [6.45, 7) is 9.15. The van der Waals surface area contributed by atoms with Crippen LogP contribution in [0.2, 0.25) is 0 Å². The Hall–Kier alpha value is -2.42. The van der Waals surface area contributed by atoms with Crippen LogP contribution in [0.25, 0.3) is 11.1 Å². The number of hydroxylamine groups is 2. The summed E-state index contributed by atoms with van der Waals surface area (Å²) < 4.78 is 0. The first-order valence-corrected chi connectivity index (χ1v) is 11.4. The standard InChI is InChI=1S/C29H35NO/c1-28(2)20-27(21-29(3,4)30(28)31-5)26-18-16-25(17-19-26)24-14-12-23(13-15-24)22-10-8-6-7-9-11-22/h6-19,22,27H,20-21H2,1-5H3. The second-order valence-corrected chi connectivity index (χ2v) is 10.1. The van der Waals surface area contributed by atoms with Gasteiger partial charge < -0.3 is 4.84 Å². The molecule has 162 valence electrons. The fraction of sp³-hybridized carbons (Fsp3) is 0.379. The minimum atomic E-state index is 0.00603. The van der Waals surface area contributed by atoms with Crippen LogP contribution in [-0.4, -0.2) is 23.3 Å². The third-order valence-electron chi connectivity index (χ3n) is 6.76. The van der Waals surface area contributed by atoms with E-state index >= 15 is 0 Å². The van der Waals surface area contributed by atoms with Crippen molar-refractivity contribution in [3.8, 4) is 11.1 Å². The van der Waals surface area contributed by atoms with Crippen LogP contribution in [-0.2, 0) is 4.84 Å². The van der Waals surface area contributed by atoms with E-state index in [0.717, 1.165) is 12.8 Å². The Bertz CT molecular complexity index is 942. The molecule has 1 saturated heterocycles. The van der Waals surface area contributed by atoms with Crippen LogP contribution in [0.15, 0.2) is 85.0 Å². The number of nitrogens with zero attached hydrogens (tertiary/aromatic N) is 1. The molecule has 0 bridgehead atoms. The van der Waals surface area contributed by atoms with E-state index in [-0.39, 0.29) is 11.1 Å². The molecule has 0 radical (unpaired) electrons. The van der Waals surface area contributed by atoms with E-state index in [0.29, 0.717) is 11.8 Å². The summed E-state index contributed by atoms with van der Waals surface area (Å²) in [5.74, 6) is 0.881. The number of rotatable bonds is 4. The fourth-order valence-corrected chi connectivity index (χ4v) is 5.62. The zero-order chi connectivity index (χ0) is 22.1. The van der Waals surface area contributed by atoms with Crippen LogP contribution in [0.4, 0.5) is 0 Å². The molecule has 0 N–H and O–H groups in total. The Morgan fingerprint density at radius 3 is 1.58 bits per heavy atom. The van der Waals surface area contributed by atoms with Gasteiger partial charge in [-0.1, -0.05) is 85.0 Å². The van der Waals surface area contributed by atoms with Gasteiger partial charge in [0.1, 0.15) is 0 Å². The number of hydrogen-bond acceptors (Lipinski definition) is 2. The van der Waals surface area contributed by atoms with Crippen molar-refractivity contribution in [3.05, 3.63) is 96.1 Å². The average Bonchev–Trinajstić information content (AvgIpc) is 3.02. The molecule has 0 saturated carbocycles. The molecule has 2 heteroatoms. The smallest absolute Gasteiger partial charge is 0.0575 e. The van der Waals surface area contributed by atoms with Gasteiger partial charge in [0.05, 0.1) is 7.11 Å². The third kappa shape index (κ3) is 4.61. The predicted molar refractivity (Wildman–Crippen MR) is 131 cm³/mol. The maximum atomic E-state index is 5.76. The van der Waals surface area contributed by atoms with Crippen LogP contribution in [0.3, 0.4) is 0 Å². The lowest BCUT2D eigenvalue weighted by Gasteiger charge is -2.53. The number of allylic oxidation sites excluding steroid dienone is 6. The Morgan fingerprint density at radius 2 is 1.13 bits per heavy atom. The highest BCUT2D eigenvalue weighted by Crippen LogP contribution is 2.45. The first kappa shape index (κ1) is 21.8. The lowest BCUT2D eigenvalue weighted by atomic mass is 9.72. The summed E-state index contributed by atoms with van der Waals surface area (Å²) in [5.41, 5.74) is 5.31. The highest BCUT2D eigenvalue weighted by molar-refractivity contribution is 5.64. The highest BCUT2D eigenvalue weighted by atomic mass is 16.7. The molecule has 0 unspecified atom stereocenters. The number of piperidine rings is 1. The van der Waals surface area contributed by atoms with E-state index in [1.807, 2.05) is 0 Å². The molecule has 1 aliphatic heterocycles. The van der Waals surface area contributed by atoms with Gasteiger partial charge >= 0.3 is 0 Å². The van der Waals surface area contributed by atoms with E-state index in [4.69, 9.17) is 4.84 Å². The van der Waals surface area contributed by atoms with Crippen LogP contribution in [0.1, 0.15) is 63.5 Å². The fourth-order valence-electron chi connectivity index (χ4n) is 5.62. The topological polar surface area (TPSA) is 12.5 Å². The predicted octanol–water partition coefficient (Wildman–Crippen LogP) is 7.42. The zero-order valence-electron chi connectivity index (χ0n) is 19.5. The van der Waals surface area contributed by atoms with Crippen molar-refractivity contribution in [2.45, 2.75) is 63.5 Å². The summed E-state index contributed by atoms with van der Waals surface area (Å²) in [6, 6.07) is 18.2. The van der Waals surface area contributed by atoms with E-state index in [2.05, 4.69) is 118 Å². The first-order valence-electron chi connectivity index (χ1n) is 11.4. The van der Waals surface area contributed by atoms with Gasteiger partial charge in [0, 0.05) is 17.0 Å². The molecule has 2 aromatic carbocycles. The maximum Gasteiger partial charge on any atom is 0.0575 e. The molecular weight excluding hydrogens is 378 g/mol. The molecule has 31 heavy (non-hydrogen) atoms. The zero-order valence-corrected chi connectivity index (χ0v) is 19.5. The Kier molecular flexibility index (Phi) is 6.05. The van der Waals surface area contributed by atoms with Gasteiger partial charge in [0.2, 0.25) is 0 Å². The van der Waals surface area contributed by atoms with Crippen LogP contribution in [0, 0.1) is 0 Å². The summed E-state index contributed by atoms with van der Waals surface area (Å²) in [7, 11) is 1.79. The summed E-state index contributed by atoms with van der Waals surface area (Å²) in [4.78, 5) is 5.76. The first-order chi connectivity index (χ1) is 14.8. The molecule has 2 aliphatic rings. The van der Waals surface area contributed by atoms with E-state index in [1.165, 1.54) is 22.3 Å². The molecule has 0 spiro atoms. The molecule has 2 aromatic rings. The van der Waals surface area contributed by atoms with Gasteiger partial charge in [0.25, 0.3) is 0 Å². The number of benzene rings is 2. The minimum Gasteiger partial charge on any atom is -0.301 e. The quantitative estimate of drug-likeness (QED) is 0.517. The summed E-state index contributed by atoms with van der Waals surface area (Å²) in [5, 5.41) is 2.18. The molecule has 0 amide bonds. The molecule has 4 rings (SSSR count). The SMILES string of the molecule is CON1C(C)(C)CC(c2ccc(-c3ccc(C4C=CC=CC=C4)cc3)cc2)CC1(C)C. The van der Waals surface area contributed by atoms with Gasteiger partial charge in [0.15, 0.2) is 0 Å². The molecule has 1 heterocycles. The average molecular weight is 414 g/mol. The molecule has 2 nitrogen and oxygen atoms in total. The van der Waals surface area contributed by atoms with Crippen molar-refractivity contribution < 1.29 is 4.84 Å². The Labute approximate surface area is 187 Å². The van der Waals surface area contributed by atoms with Crippen LogP contribution in [0.5, 0.6) is 0 Å². The van der Waals surface area contributed by atoms with Gasteiger partial charge in [-0.15, -0.1) is 0 Å². The van der Waals surface area contributed by atoms with E-state index < -0.39 is 0 Å². The van der Waals surface area contributed by atoms with Gasteiger partial charge in [-0.2, -0.15) is 5.06 Å². The third-order valence-corrected chi connectivity index (χ3v) is 6.76. The van der Waals surface area contributed by atoms with E-state index in [1.54, 1.807) is 7.11 Å². The van der Waals surface area contributed by atoms with Gasteiger partial charge in [-0.05, 0) is 68.7 Å². The normalized spacial score (nSPS) is 21.3. The molecule has 0 aromatic heterocycles. The largest absolute Gasteiger partial charge is 0.301 e. The second kappa shape index (κ2) is 8.61. The van der Waals surface area contributed by atoms with Crippen molar-refractivity contribution in [1.29, 1.82) is 0 Å². The van der Waals surface area contributed by atoms with Crippen LogP contribution < -0.4 is 0 Å². The maximum absolute atomic E-state index is 5.76. The molecule has 0 atom stereocenters. The lowest BCUT2D eigenvalue weighted by Crippen LogP contribution is -2.59. The summed E-state index contributed by atoms with van der Waals surface area (Å²) >= 11 is 0. The number of hydrogen-bond donors (Lipinski definition) is 0. The minimum absolute atomic E-state index is 0.00603. The Morgan fingerprint density at radius 1 is 0.677 bits per heavy atom. The Balaban J connectivity index is 1.51. The van der Waals surface area contributed by atoms with Gasteiger partial charge in [-0.25, -0.2) is 0 Å². The van der Waals surface area contributed by atoms with Crippen molar-refractivity contribution >= 4 is 0 Å². The monoisotopic (exact) mass is 413 g/mol. The molecular formula is C29H35NO.